The third kappa shape index (κ3) is 3.39. The Hall–Kier alpha value is -2.18. The van der Waals surface area contributed by atoms with Gasteiger partial charge >= 0.3 is 0 Å². The molecule has 1 aliphatic rings. The Bertz CT molecular complexity index is 971. The van der Waals surface area contributed by atoms with E-state index in [0.717, 1.165) is 42.5 Å². The molecule has 3 aromatic rings. The number of aromatic nitrogens is 2. The van der Waals surface area contributed by atoms with Crippen molar-refractivity contribution in [3.63, 3.8) is 0 Å². The molecule has 136 valence electrons. The number of fused-ring (bicyclic) bond motifs is 1. The van der Waals surface area contributed by atoms with E-state index in [4.69, 9.17) is 0 Å². The molecular weight excluding hydrogens is 344 g/mol. The van der Waals surface area contributed by atoms with Crippen LogP contribution in [-0.4, -0.2) is 29.5 Å². The molecule has 1 atom stereocenters. The molecule has 0 amide bonds. The van der Waals surface area contributed by atoms with Gasteiger partial charge in [-0.3, -0.25) is 9.20 Å². The maximum absolute atomic E-state index is 12.4. The van der Waals surface area contributed by atoms with E-state index in [1.165, 1.54) is 40.3 Å². The van der Waals surface area contributed by atoms with Gasteiger partial charge in [-0.05, 0) is 25.8 Å². The lowest BCUT2D eigenvalue weighted by molar-refractivity contribution is -0.908. The van der Waals surface area contributed by atoms with Crippen LogP contribution in [0.2, 0.25) is 0 Å². The molecule has 0 radical (unpaired) electrons. The third-order valence-electron chi connectivity index (χ3n) is 5.04. The summed E-state index contributed by atoms with van der Waals surface area (Å²) in [4.78, 5) is 21.7. The normalized spacial score (nSPS) is 15.7. The van der Waals surface area contributed by atoms with Crippen molar-refractivity contribution in [3.05, 3.63) is 63.0 Å². The van der Waals surface area contributed by atoms with Gasteiger partial charge in [-0.15, -0.1) is 11.3 Å². The minimum absolute atomic E-state index is 0.0222. The molecule has 0 saturated carbocycles. The number of thiazole rings is 1. The van der Waals surface area contributed by atoms with Gasteiger partial charge in [0, 0.05) is 41.5 Å². The number of aryl methyl sites for hydroxylation is 1. The van der Waals surface area contributed by atoms with Gasteiger partial charge in [-0.1, -0.05) is 18.2 Å². The van der Waals surface area contributed by atoms with E-state index in [-0.39, 0.29) is 5.56 Å². The molecule has 2 aromatic heterocycles. The highest BCUT2D eigenvalue weighted by Gasteiger charge is 2.18. The van der Waals surface area contributed by atoms with Gasteiger partial charge in [0.2, 0.25) is 0 Å². The molecule has 26 heavy (non-hydrogen) atoms. The molecule has 1 saturated heterocycles. The third-order valence-corrected chi connectivity index (χ3v) is 5.99. The number of nitrogens with one attached hydrogen (secondary N) is 1. The number of rotatable bonds is 5. The molecular formula is C20H25N4OS+. The van der Waals surface area contributed by atoms with Crippen molar-refractivity contribution >= 4 is 22.0 Å². The summed E-state index contributed by atoms with van der Waals surface area (Å²) in [5.74, 6) is 0. The van der Waals surface area contributed by atoms with Crippen LogP contribution < -0.4 is 15.4 Å². The standard InChI is InChI=1S/C20H24N4OS/c1-15-14-26-20-21-17(11-19(25)24(15)20)13-22(2)12-16-7-3-4-8-18(16)23-9-5-6-10-23/h3-4,7-8,11,14H,5-6,9-10,12-13H2,1-2H3/p+1. The number of anilines is 1. The van der Waals surface area contributed by atoms with Crippen LogP contribution in [0.5, 0.6) is 0 Å². The zero-order valence-electron chi connectivity index (χ0n) is 15.4. The first-order valence-corrected chi connectivity index (χ1v) is 10.1. The van der Waals surface area contributed by atoms with Crippen LogP contribution in [0.15, 0.2) is 40.5 Å². The highest BCUT2D eigenvalue weighted by Crippen LogP contribution is 2.23. The predicted molar refractivity (Wildman–Crippen MR) is 106 cm³/mol. The summed E-state index contributed by atoms with van der Waals surface area (Å²) in [6, 6.07) is 10.4. The minimum atomic E-state index is 0.0222. The lowest BCUT2D eigenvalue weighted by Crippen LogP contribution is -3.06. The van der Waals surface area contributed by atoms with Crippen molar-refractivity contribution in [1.29, 1.82) is 0 Å². The minimum Gasteiger partial charge on any atom is -0.371 e. The maximum Gasteiger partial charge on any atom is 0.259 e. The fourth-order valence-electron chi connectivity index (χ4n) is 3.82. The molecule has 1 N–H and O–H groups in total. The van der Waals surface area contributed by atoms with Crippen molar-refractivity contribution in [2.24, 2.45) is 0 Å². The van der Waals surface area contributed by atoms with E-state index < -0.39 is 0 Å². The lowest BCUT2D eigenvalue weighted by Gasteiger charge is -2.23. The predicted octanol–water partition coefficient (Wildman–Crippen LogP) is 1.88. The highest BCUT2D eigenvalue weighted by atomic mass is 32.1. The van der Waals surface area contributed by atoms with Gasteiger partial charge in [-0.2, -0.15) is 0 Å². The first kappa shape index (κ1) is 17.2. The van der Waals surface area contributed by atoms with Crippen molar-refractivity contribution in [2.45, 2.75) is 32.9 Å². The molecule has 0 spiro atoms. The van der Waals surface area contributed by atoms with Gasteiger partial charge in [0.15, 0.2) is 4.96 Å². The van der Waals surface area contributed by atoms with Crippen LogP contribution in [0.3, 0.4) is 0 Å². The monoisotopic (exact) mass is 369 g/mol. The fourth-order valence-corrected chi connectivity index (χ4v) is 4.71. The Labute approximate surface area is 157 Å². The van der Waals surface area contributed by atoms with Crippen LogP contribution in [0, 0.1) is 6.92 Å². The molecule has 0 aliphatic carbocycles. The van der Waals surface area contributed by atoms with Gasteiger partial charge in [0.25, 0.3) is 5.56 Å². The number of hydrogen-bond acceptors (Lipinski definition) is 4. The van der Waals surface area contributed by atoms with E-state index in [1.807, 2.05) is 12.3 Å². The van der Waals surface area contributed by atoms with Crippen LogP contribution in [0.25, 0.3) is 4.96 Å². The summed E-state index contributed by atoms with van der Waals surface area (Å²) in [6.45, 7) is 5.93. The van der Waals surface area contributed by atoms with Gasteiger partial charge in [0.1, 0.15) is 18.8 Å². The van der Waals surface area contributed by atoms with Crippen molar-refractivity contribution in [3.8, 4) is 0 Å². The first-order valence-electron chi connectivity index (χ1n) is 9.23. The number of benzene rings is 1. The number of quaternary nitrogens is 1. The van der Waals surface area contributed by atoms with Crippen LogP contribution in [0.1, 0.15) is 29.8 Å². The van der Waals surface area contributed by atoms with Crippen LogP contribution in [0.4, 0.5) is 5.69 Å². The summed E-state index contributed by atoms with van der Waals surface area (Å²) in [5.41, 5.74) is 4.58. The maximum atomic E-state index is 12.4. The summed E-state index contributed by atoms with van der Waals surface area (Å²) < 4.78 is 1.69. The average molecular weight is 370 g/mol. The second-order valence-electron chi connectivity index (χ2n) is 7.21. The fraction of sp³-hybridized carbons (Fsp3) is 0.400. The van der Waals surface area contributed by atoms with Crippen LogP contribution in [-0.2, 0) is 13.1 Å². The average Bonchev–Trinajstić information content (AvgIpc) is 3.25. The van der Waals surface area contributed by atoms with Gasteiger partial charge in [0.05, 0.1) is 7.05 Å². The van der Waals surface area contributed by atoms with E-state index in [1.54, 1.807) is 10.5 Å². The zero-order chi connectivity index (χ0) is 18.1. The molecule has 1 aromatic carbocycles. The Kier molecular flexibility index (Phi) is 4.78. The molecule has 1 unspecified atom stereocenters. The van der Waals surface area contributed by atoms with Crippen molar-refractivity contribution in [2.75, 3.05) is 25.0 Å². The summed E-state index contributed by atoms with van der Waals surface area (Å²) in [5, 5.41) is 1.98. The smallest absolute Gasteiger partial charge is 0.259 e. The highest BCUT2D eigenvalue weighted by molar-refractivity contribution is 7.15. The second-order valence-corrected chi connectivity index (χ2v) is 8.05. The molecule has 6 heteroatoms. The molecule has 0 bridgehead atoms. The first-order chi connectivity index (χ1) is 12.6. The van der Waals surface area contributed by atoms with E-state index in [2.05, 4.69) is 41.2 Å². The Balaban J connectivity index is 1.53. The Morgan fingerprint density at radius 1 is 1.19 bits per heavy atom. The quantitative estimate of drug-likeness (QED) is 0.747. The zero-order valence-corrected chi connectivity index (χ0v) is 16.2. The van der Waals surface area contributed by atoms with Crippen molar-refractivity contribution in [1.82, 2.24) is 9.38 Å². The SMILES string of the molecule is Cc1csc2nc(C[NH+](C)Cc3ccccc3N3CCCC3)cc(=O)n12. The molecule has 1 fully saturated rings. The van der Waals surface area contributed by atoms with Crippen LogP contribution >= 0.6 is 11.3 Å². The summed E-state index contributed by atoms with van der Waals surface area (Å²) in [6.07, 6.45) is 2.57. The topological polar surface area (TPSA) is 42.0 Å². The van der Waals surface area contributed by atoms with Crippen molar-refractivity contribution < 1.29 is 4.90 Å². The number of hydrogen-bond donors (Lipinski definition) is 1. The largest absolute Gasteiger partial charge is 0.371 e. The van der Waals surface area contributed by atoms with E-state index in [0.29, 0.717) is 0 Å². The Morgan fingerprint density at radius 3 is 2.77 bits per heavy atom. The number of nitrogens with zero attached hydrogens (tertiary/aromatic N) is 3. The molecule has 3 heterocycles. The van der Waals surface area contributed by atoms with E-state index >= 15 is 0 Å². The lowest BCUT2D eigenvalue weighted by atomic mass is 10.1. The summed E-state index contributed by atoms with van der Waals surface area (Å²) >= 11 is 1.53. The molecule has 1 aliphatic heterocycles. The van der Waals surface area contributed by atoms with Gasteiger partial charge in [-0.25, -0.2) is 4.98 Å². The van der Waals surface area contributed by atoms with Gasteiger partial charge < -0.3 is 9.80 Å². The Morgan fingerprint density at radius 2 is 1.96 bits per heavy atom. The number of para-hydroxylation sites is 1. The second kappa shape index (κ2) is 7.21. The van der Waals surface area contributed by atoms with E-state index in [9.17, 15) is 4.79 Å². The molecule has 4 rings (SSSR count). The molecule has 5 nitrogen and oxygen atoms in total. The summed E-state index contributed by atoms with van der Waals surface area (Å²) in [7, 11) is 2.17.